The van der Waals surface area contributed by atoms with Crippen LogP contribution in [0.2, 0.25) is 0 Å². The van der Waals surface area contributed by atoms with Gasteiger partial charge in [0.2, 0.25) is 0 Å². The maximum atomic E-state index is 13.4. The minimum Gasteiger partial charge on any atom is -0.271 e. The number of thioether (sulfide) groups is 1. The Morgan fingerprint density at radius 2 is 2.06 bits per heavy atom. The van der Waals surface area contributed by atoms with E-state index in [-0.39, 0.29) is 6.04 Å². The largest absolute Gasteiger partial charge is 0.419 e. The Bertz CT molecular complexity index is 395. The van der Waals surface area contributed by atoms with Gasteiger partial charge in [0.05, 0.1) is 11.6 Å². The van der Waals surface area contributed by atoms with E-state index >= 15 is 0 Å². The highest BCUT2D eigenvalue weighted by atomic mass is 32.2. The Kier molecular flexibility index (Phi) is 5.43. The number of benzene rings is 1. The first-order chi connectivity index (χ1) is 8.40. The van der Waals surface area contributed by atoms with Crippen molar-refractivity contribution in [1.82, 2.24) is 5.43 Å². The van der Waals surface area contributed by atoms with Gasteiger partial charge in [-0.1, -0.05) is 13.0 Å². The second kappa shape index (κ2) is 6.40. The van der Waals surface area contributed by atoms with Crippen LogP contribution in [0.4, 0.5) is 17.6 Å². The predicted molar refractivity (Wildman–Crippen MR) is 64.5 cm³/mol. The molecule has 1 unspecified atom stereocenters. The Labute approximate surface area is 107 Å². The van der Waals surface area contributed by atoms with Crippen LogP contribution in [0.5, 0.6) is 0 Å². The van der Waals surface area contributed by atoms with Crippen molar-refractivity contribution < 1.29 is 17.6 Å². The molecular formula is C11H14F4N2S. The molecule has 0 saturated heterocycles. The first-order valence-corrected chi connectivity index (χ1v) is 6.46. The average molecular weight is 282 g/mol. The minimum absolute atomic E-state index is 0.369. The predicted octanol–water partition coefficient (Wildman–Crippen LogP) is 3.10. The summed E-state index contributed by atoms with van der Waals surface area (Å²) < 4.78 is 50.5. The van der Waals surface area contributed by atoms with Crippen molar-refractivity contribution in [2.45, 2.75) is 19.1 Å². The van der Waals surface area contributed by atoms with Crippen LogP contribution in [0.3, 0.4) is 0 Å². The molecule has 0 heterocycles. The van der Waals surface area contributed by atoms with E-state index in [0.717, 1.165) is 17.9 Å². The molecule has 0 aromatic heterocycles. The van der Waals surface area contributed by atoms with E-state index in [1.807, 2.05) is 6.92 Å². The maximum Gasteiger partial charge on any atom is 0.419 e. The van der Waals surface area contributed by atoms with E-state index in [2.05, 4.69) is 5.43 Å². The van der Waals surface area contributed by atoms with Crippen molar-refractivity contribution in [3.05, 3.63) is 35.1 Å². The van der Waals surface area contributed by atoms with Crippen LogP contribution in [0.1, 0.15) is 24.1 Å². The summed E-state index contributed by atoms with van der Waals surface area (Å²) in [7, 11) is 0. The van der Waals surface area contributed by atoms with Gasteiger partial charge in [0.15, 0.2) is 0 Å². The lowest BCUT2D eigenvalue weighted by Crippen LogP contribution is -2.30. The third-order valence-corrected chi connectivity index (χ3v) is 3.37. The normalized spacial score (nSPS) is 13.7. The van der Waals surface area contributed by atoms with Crippen molar-refractivity contribution in [1.29, 1.82) is 0 Å². The topological polar surface area (TPSA) is 38.0 Å². The maximum absolute atomic E-state index is 13.4. The summed E-state index contributed by atoms with van der Waals surface area (Å²) in [5.74, 6) is 5.45. The summed E-state index contributed by atoms with van der Waals surface area (Å²) >= 11 is 1.56. The number of rotatable bonds is 5. The van der Waals surface area contributed by atoms with Crippen LogP contribution in [-0.4, -0.2) is 11.5 Å². The Morgan fingerprint density at radius 3 is 2.50 bits per heavy atom. The van der Waals surface area contributed by atoms with Gasteiger partial charge in [-0.25, -0.2) is 4.39 Å². The van der Waals surface area contributed by atoms with Gasteiger partial charge >= 0.3 is 6.18 Å². The number of nitrogens with one attached hydrogen (secondary N) is 1. The first kappa shape index (κ1) is 15.3. The summed E-state index contributed by atoms with van der Waals surface area (Å²) in [6.45, 7) is 1.95. The van der Waals surface area contributed by atoms with Crippen LogP contribution in [-0.2, 0) is 6.18 Å². The molecule has 0 aliphatic rings. The summed E-state index contributed by atoms with van der Waals surface area (Å²) in [6, 6.07) is 2.49. The zero-order chi connectivity index (χ0) is 13.8. The van der Waals surface area contributed by atoms with Crippen LogP contribution in [0.25, 0.3) is 0 Å². The number of hydrogen-bond acceptors (Lipinski definition) is 3. The Balaban J connectivity index is 2.95. The van der Waals surface area contributed by atoms with E-state index in [4.69, 9.17) is 5.84 Å². The second-order valence-corrected chi connectivity index (χ2v) is 4.93. The average Bonchev–Trinajstić information content (AvgIpc) is 2.28. The van der Waals surface area contributed by atoms with E-state index in [1.54, 1.807) is 11.8 Å². The molecule has 3 N–H and O–H groups in total. The molecule has 1 rings (SSSR count). The van der Waals surface area contributed by atoms with Gasteiger partial charge in [0, 0.05) is 5.75 Å². The molecule has 18 heavy (non-hydrogen) atoms. The lowest BCUT2D eigenvalue weighted by molar-refractivity contribution is -0.140. The number of nitrogens with two attached hydrogens (primary N) is 1. The fourth-order valence-corrected chi connectivity index (χ4v) is 2.21. The van der Waals surface area contributed by atoms with E-state index in [9.17, 15) is 17.6 Å². The highest BCUT2D eigenvalue weighted by Crippen LogP contribution is 2.32. The van der Waals surface area contributed by atoms with E-state index in [0.29, 0.717) is 11.3 Å². The molecule has 102 valence electrons. The smallest absolute Gasteiger partial charge is 0.271 e. The highest BCUT2D eigenvalue weighted by molar-refractivity contribution is 7.99. The summed E-state index contributed by atoms with van der Waals surface area (Å²) in [5.41, 5.74) is 1.62. The molecule has 0 fully saturated rings. The van der Waals surface area contributed by atoms with Crippen molar-refractivity contribution in [3.8, 4) is 0 Å². The molecule has 0 bridgehead atoms. The van der Waals surface area contributed by atoms with Gasteiger partial charge in [-0.05, 0) is 23.4 Å². The molecule has 0 radical (unpaired) electrons. The van der Waals surface area contributed by atoms with Gasteiger partial charge in [0.1, 0.15) is 5.82 Å². The molecule has 2 nitrogen and oxygen atoms in total. The Hall–Kier alpha value is -0.790. The monoisotopic (exact) mass is 282 g/mol. The van der Waals surface area contributed by atoms with E-state index < -0.39 is 17.6 Å². The van der Waals surface area contributed by atoms with Gasteiger partial charge in [-0.3, -0.25) is 11.3 Å². The molecule has 1 aromatic rings. The van der Waals surface area contributed by atoms with Gasteiger partial charge < -0.3 is 0 Å². The third kappa shape index (κ3) is 3.86. The van der Waals surface area contributed by atoms with Crippen LogP contribution in [0, 0.1) is 5.82 Å². The fraction of sp³-hybridized carbons (Fsp3) is 0.455. The van der Waals surface area contributed by atoms with Gasteiger partial charge in [-0.2, -0.15) is 24.9 Å². The summed E-state index contributed by atoms with van der Waals surface area (Å²) in [6.07, 6.45) is -4.67. The van der Waals surface area contributed by atoms with Gasteiger partial charge in [-0.15, -0.1) is 0 Å². The quantitative estimate of drug-likeness (QED) is 0.495. The van der Waals surface area contributed by atoms with Gasteiger partial charge in [0.25, 0.3) is 0 Å². The molecule has 7 heteroatoms. The van der Waals surface area contributed by atoms with E-state index in [1.165, 1.54) is 6.07 Å². The number of hydrazine groups is 1. The molecule has 0 amide bonds. The molecular weight excluding hydrogens is 268 g/mol. The minimum atomic E-state index is -4.67. The van der Waals surface area contributed by atoms with Crippen LogP contribution < -0.4 is 11.3 Å². The van der Waals surface area contributed by atoms with Crippen LogP contribution >= 0.6 is 11.8 Å². The summed E-state index contributed by atoms with van der Waals surface area (Å²) in [5, 5.41) is 0. The lowest BCUT2D eigenvalue weighted by atomic mass is 10.1. The fourth-order valence-electron chi connectivity index (χ4n) is 1.45. The number of hydrogen-bond donors (Lipinski definition) is 2. The van der Waals surface area contributed by atoms with Crippen molar-refractivity contribution in [2.24, 2.45) is 5.84 Å². The molecule has 0 aliphatic carbocycles. The Morgan fingerprint density at radius 1 is 1.39 bits per heavy atom. The molecule has 0 saturated carbocycles. The highest BCUT2D eigenvalue weighted by Gasteiger charge is 2.34. The van der Waals surface area contributed by atoms with Crippen molar-refractivity contribution >= 4 is 11.8 Å². The van der Waals surface area contributed by atoms with Crippen LogP contribution in [0.15, 0.2) is 18.2 Å². The molecule has 1 aromatic carbocycles. The summed E-state index contributed by atoms with van der Waals surface area (Å²) in [4.78, 5) is 0. The number of halogens is 4. The third-order valence-electron chi connectivity index (χ3n) is 2.39. The SMILES string of the molecule is CCSCC(NN)c1ccc(C(F)(F)F)c(F)c1. The zero-order valence-corrected chi connectivity index (χ0v) is 10.5. The lowest BCUT2D eigenvalue weighted by Gasteiger charge is -2.17. The molecule has 0 aliphatic heterocycles. The molecule has 1 atom stereocenters. The first-order valence-electron chi connectivity index (χ1n) is 5.30. The molecule has 0 spiro atoms. The standard InChI is InChI=1S/C11H14F4N2S/c1-2-18-6-10(17-16)7-3-4-8(9(12)5-7)11(13,14)15/h3-5,10,17H,2,6,16H2,1H3. The van der Waals surface area contributed by atoms with Crippen molar-refractivity contribution in [3.63, 3.8) is 0 Å². The number of alkyl halides is 3. The second-order valence-electron chi connectivity index (χ2n) is 3.62. The zero-order valence-electron chi connectivity index (χ0n) is 9.72. The van der Waals surface area contributed by atoms with Crippen molar-refractivity contribution in [2.75, 3.05) is 11.5 Å².